The van der Waals surface area contributed by atoms with Crippen LogP contribution in [0.4, 0.5) is 0 Å². The Bertz CT molecular complexity index is 888. The van der Waals surface area contributed by atoms with Crippen molar-refractivity contribution in [3.05, 3.63) is 107 Å². The Balaban J connectivity index is 1.85. The Labute approximate surface area is 148 Å². The molecule has 0 N–H and O–H groups in total. The zero-order valence-corrected chi connectivity index (χ0v) is 14.2. The lowest BCUT2D eigenvalue weighted by atomic mass is 9.76. The molecule has 122 valence electrons. The van der Waals surface area contributed by atoms with Crippen LogP contribution in [0.5, 0.6) is 0 Å². The summed E-state index contributed by atoms with van der Waals surface area (Å²) in [5.41, 5.74) is 5.61. The van der Waals surface area contributed by atoms with E-state index in [-0.39, 0.29) is 17.6 Å². The Morgan fingerprint density at radius 2 is 1.20 bits per heavy atom. The van der Waals surface area contributed by atoms with Gasteiger partial charge in [0.1, 0.15) is 0 Å². The van der Waals surface area contributed by atoms with Crippen LogP contribution in [0.15, 0.2) is 78.9 Å². The highest BCUT2D eigenvalue weighted by molar-refractivity contribution is 5.99. The van der Waals surface area contributed by atoms with Crippen molar-refractivity contribution in [2.75, 3.05) is 0 Å². The van der Waals surface area contributed by atoms with Gasteiger partial charge in [-0.2, -0.15) is 0 Å². The summed E-state index contributed by atoms with van der Waals surface area (Å²) in [4.78, 5) is 13.2. The topological polar surface area (TPSA) is 17.1 Å². The first kappa shape index (κ1) is 15.6. The maximum absolute atomic E-state index is 13.2. The smallest absolute Gasteiger partial charge is 0.166 e. The highest BCUT2D eigenvalue weighted by Gasteiger charge is 2.31. The quantitative estimate of drug-likeness (QED) is 0.555. The van der Waals surface area contributed by atoms with Crippen LogP contribution >= 0.6 is 0 Å². The summed E-state index contributed by atoms with van der Waals surface area (Å²) in [7, 11) is 0. The van der Waals surface area contributed by atoms with Crippen molar-refractivity contribution in [2.45, 2.75) is 12.8 Å². The molecule has 0 radical (unpaired) electrons. The number of hydrogen-bond donors (Lipinski definition) is 0. The van der Waals surface area contributed by atoms with E-state index in [1.54, 1.807) is 0 Å². The minimum Gasteiger partial charge on any atom is -0.294 e. The number of ketones is 1. The monoisotopic (exact) mass is 324 g/mol. The summed E-state index contributed by atoms with van der Waals surface area (Å²) in [5, 5.41) is 0. The summed E-state index contributed by atoms with van der Waals surface area (Å²) in [6.45, 7) is 2.05. The fourth-order valence-electron chi connectivity index (χ4n) is 3.79. The summed E-state index contributed by atoms with van der Waals surface area (Å²) in [6, 6.07) is 26.4. The molecule has 0 saturated carbocycles. The first-order valence-corrected chi connectivity index (χ1v) is 8.71. The number of benzene rings is 3. The second-order valence-electron chi connectivity index (χ2n) is 6.59. The molecule has 0 saturated heterocycles. The van der Waals surface area contributed by atoms with Crippen LogP contribution in [0.2, 0.25) is 0 Å². The van der Waals surface area contributed by atoms with E-state index < -0.39 is 0 Å². The van der Waals surface area contributed by atoms with Crippen molar-refractivity contribution in [3.63, 3.8) is 0 Å². The van der Waals surface area contributed by atoms with Crippen molar-refractivity contribution in [1.82, 2.24) is 0 Å². The van der Waals surface area contributed by atoms with Gasteiger partial charge in [-0.1, -0.05) is 97.9 Å². The molecule has 0 aliphatic heterocycles. The van der Waals surface area contributed by atoms with E-state index in [2.05, 4.69) is 67.6 Å². The van der Waals surface area contributed by atoms with Crippen molar-refractivity contribution in [2.24, 2.45) is 5.92 Å². The zero-order chi connectivity index (χ0) is 17.2. The predicted molar refractivity (Wildman–Crippen MR) is 104 cm³/mol. The van der Waals surface area contributed by atoms with Gasteiger partial charge in [-0.05, 0) is 22.3 Å². The molecule has 1 atom stereocenters. The van der Waals surface area contributed by atoms with E-state index in [0.717, 1.165) is 5.56 Å². The number of hydrogen-bond acceptors (Lipinski definition) is 1. The molecule has 0 fully saturated rings. The Morgan fingerprint density at radius 3 is 1.76 bits per heavy atom. The highest BCUT2D eigenvalue weighted by Crippen LogP contribution is 2.40. The average Bonchev–Trinajstić information content (AvgIpc) is 2.84. The lowest BCUT2D eigenvalue weighted by Crippen LogP contribution is -2.21. The number of rotatable bonds is 3. The third-order valence-electron chi connectivity index (χ3n) is 5.08. The molecule has 1 aliphatic rings. The van der Waals surface area contributed by atoms with Gasteiger partial charge in [0.25, 0.3) is 0 Å². The third-order valence-corrected chi connectivity index (χ3v) is 5.08. The van der Waals surface area contributed by atoms with Crippen LogP contribution in [0, 0.1) is 5.92 Å². The van der Waals surface area contributed by atoms with Gasteiger partial charge < -0.3 is 0 Å². The van der Waals surface area contributed by atoms with Crippen LogP contribution < -0.4 is 0 Å². The zero-order valence-electron chi connectivity index (χ0n) is 14.2. The van der Waals surface area contributed by atoms with Crippen LogP contribution in [-0.2, 0) is 0 Å². The normalized spacial score (nSPS) is 14.3. The van der Waals surface area contributed by atoms with Gasteiger partial charge >= 0.3 is 0 Å². The highest BCUT2D eigenvalue weighted by atomic mass is 16.1. The van der Waals surface area contributed by atoms with Crippen molar-refractivity contribution < 1.29 is 4.79 Å². The molecule has 1 unspecified atom stereocenters. The molecule has 25 heavy (non-hydrogen) atoms. The van der Waals surface area contributed by atoms with Crippen LogP contribution in [0.1, 0.15) is 45.5 Å². The molecule has 1 aliphatic carbocycles. The number of Topliss-reactive ketones (excluding diaryl/α,β-unsaturated/α-hetero) is 1. The fraction of sp³-hybridized carbons (Fsp3) is 0.125. The van der Waals surface area contributed by atoms with E-state index >= 15 is 0 Å². The molecule has 0 amide bonds. The lowest BCUT2D eigenvalue weighted by molar-refractivity contribution is 0.0919. The molecule has 3 aromatic carbocycles. The fourth-order valence-corrected chi connectivity index (χ4v) is 3.79. The summed E-state index contributed by atoms with van der Waals surface area (Å²) in [5.74, 6) is 0.108. The number of fused-ring (bicyclic) bond motifs is 2. The molecule has 4 rings (SSSR count). The summed E-state index contributed by atoms with van der Waals surface area (Å²) >= 11 is 0. The van der Waals surface area contributed by atoms with Crippen LogP contribution in [-0.4, -0.2) is 5.78 Å². The van der Waals surface area contributed by atoms with Crippen LogP contribution in [0.25, 0.3) is 12.2 Å². The number of carbonyl (C=O) groups excluding carboxylic acids is 1. The van der Waals surface area contributed by atoms with E-state index in [1.165, 1.54) is 22.3 Å². The first-order chi connectivity index (χ1) is 12.3. The molecule has 0 heterocycles. The average molecular weight is 324 g/mol. The standard InChI is InChI=1S/C24H20O/c1-17(24(25)20-11-3-2-4-12-20)23-21-13-7-5-9-18(21)15-16-19-10-6-8-14-22(19)23/h2-17,23H,1H3. The Kier molecular flexibility index (Phi) is 4.07. The molecule has 3 aromatic rings. The molecular weight excluding hydrogens is 304 g/mol. The SMILES string of the molecule is CC(C(=O)c1ccccc1)C1c2ccccc2C=Cc2ccccc21. The molecule has 1 nitrogen and oxygen atoms in total. The molecular formula is C24H20O. The second-order valence-corrected chi connectivity index (χ2v) is 6.59. The maximum atomic E-state index is 13.2. The van der Waals surface area contributed by atoms with Gasteiger partial charge in [-0.3, -0.25) is 4.79 Å². The van der Waals surface area contributed by atoms with Gasteiger partial charge in [-0.25, -0.2) is 0 Å². The van der Waals surface area contributed by atoms with Gasteiger partial charge in [0.15, 0.2) is 5.78 Å². The molecule has 1 heteroatoms. The van der Waals surface area contributed by atoms with Crippen molar-refractivity contribution in [3.8, 4) is 0 Å². The van der Waals surface area contributed by atoms with Crippen LogP contribution in [0.3, 0.4) is 0 Å². The Morgan fingerprint density at radius 1 is 0.720 bits per heavy atom. The van der Waals surface area contributed by atoms with Gasteiger partial charge in [0.05, 0.1) is 0 Å². The van der Waals surface area contributed by atoms with Crippen molar-refractivity contribution >= 4 is 17.9 Å². The minimum absolute atomic E-state index is 0.0510. The molecule has 0 aromatic heterocycles. The third kappa shape index (κ3) is 2.83. The molecule has 0 bridgehead atoms. The minimum atomic E-state index is -0.135. The van der Waals surface area contributed by atoms with Gasteiger partial charge in [0.2, 0.25) is 0 Å². The maximum Gasteiger partial charge on any atom is 0.166 e. The van der Waals surface area contributed by atoms with E-state index in [1.807, 2.05) is 30.3 Å². The molecule has 0 spiro atoms. The number of carbonyl (C=O) groups is 1. The lowest BCUT2D eigenvalue weighted by Gasteiger charge is -2.26. The van der Waals surface area contributed by atoms with E-state index in [9.17, 15) is 4.79 Å². The van der Waals surface area contributed by atoms with Gasteiger partial charge in [0, 0.05) is 17.4 Å². The summed E-state index contributed by atoms with van der Waals surface area (Å²) in [6.07, 6.45) is 4.32. The Hall–Kier alpha value is -2.93. The largest absolute Gasteiger partial charge is 0.294 e. The first-order valence-electron chi connectivity index (χ1n) is 8.71. The second kappa shape index (κ2) is 6.52. The van der Waals surface area contributed by atoms with E-state index in [0.29, 0.717) is 0 Å². The predicted octanol–water partition coefficient (Wildman–Crippen LogP) is 5.82. The summed E-state index contributed by atoms with van der Waals surface area (Å²) < 4.78 is 0. The van der Waals surface area contributed by atoms with Gasteiger partial charge in [-0.15, -0.1) is 0 Å². The van der Waals surface area contributed by atoms with Crippen molar-refractivity contribution in [1.29, 1.82) is 0 Å². The van der Waals surface area contributed by atoms with E-state index in [4.69, 9.17) is 0 Å².